The Balaban J connectivity index is 2.14. The smallest absolute Gasteiger partial charge is 0.344 e. The topological polar surface area (TPSA) is 41.1 Å². The summed E-state index contributed by atoms with van der Waals surface area (Å²) < 4.78 is 37.3. The summed E-state index contributed by atoms with van der Waals surface area (Å²) in [6, 6.07) is 5.38. The number of rotatable bonds is 2. The Kier molecular flexibility index (Phi) is 4.80. The molecule has 2 N–H and O–H groups in total. The Labute approximate surface area is 128 Å². The molecule has 3 unspecified atom stereocenters. The third-order valence-corrected chi connectivity index (χ3v) is 4.28. The maximum atomic E-state index is 12.4. The Morgan fingerprint density at radius 2 is 2.00 bits per heavy atom. The van der Waals surface area contributed by atoms with Crippen LogP contribution in [0, 0.1) is 13.8 Å². The molecule has 122 valence electrons. The van der Waals surface area contributed by atoms with Crippen LogP contribution in [0.25, 0.3) is 0 Å². The number of carbonyl (C=O) groups excluding carboxylic acids is 1. The molecule has 3 nitrogen and oxygen atoms in total. The van der Waals surface area contributed by atoms with Crippen molar-refractivity contribution in [2.24, 2.45) is 0 Å². The molecule has 0 spiro atoms. The molecule has 1 aliphatic heterocycles. The third kappa shape index (κ3) is 3.80. The summed E-state index contributed by atoms with van der Waals surface area (Å²) in [7, 11) is 0. The van der Waals surface area contributed by atoms with Crippen LogP contribution in [0.3, 0.4) is 0 Å². The van der Waals surface area contributed by atoms with E-state index >= 15 is 0 Å². The van der Waals surface area contributed by atoms with Crippen molar-refractivity contribution in [2.75, 3.05) is 6.54 Å². The lowest BCUT2D eigenvalue weighted by molar-refractivity contribution is -0.174. The minimum Gasteiger partial charge on any atom is -0.344 e. The normalized spacial score (nSPS) is 25.8. The van der Waals surface area contributed by atoms with E-state index in [0.29, 0.717) is 13.0 Å². The second kappa shape index (κ2) is 6.28. The monoisotopic (exact) mass is 314 g/mol. The molecule has 6 heteroatoms. The highest BCUT2D eigenvalue weighted by molar-refractivity contribution is 5.82. The average molecular weight is 314 g/mol. The number of amides is 1. The molecule has 0 radical (unpaired) electrons. The second-order valence-corrected chi connectivity index (χ2v) is 6.07. The first-order chi connectivity index (χ1) is 10.2. The van der Waals surface area contributed by atoms with Crippen LogP contribution in [0.15, 0.2) is 18.2 Å². The molecule has 1 fully saturated rings. The van der Waals surface area contributed by atoms with E-state index in [2.05, 4.69) is 16.7 Å². The molecule has 1 saturated heterocycles. The van der Waals surface area contributed by atoms with Gasteiger partial charge in [-0.15, -0.1) is 0 Å². The minimum atomic E-state index is -4.84. The van der Waals surface area contributed by atoms with E-state index in [0.717, 1.165) is 16.7 Å². The molecular formula is C16H21F3N2O. The molecule has 1 heterocycles. The van der Waals surface area contributed by atoms with E-state index < -0.39 is 18.1 Å². The zero-order chi connectivity index (χ0) is 16.5. The van der Waals surface area contributed by atoms with Crippen LogP contribution in [0.2, 0.25) is 0 Å². The van der Waals surface area contributed by atoms with Gasteiger partial charge in [0.15, 0.2) is 0 Å². The van der Waals surface area contributed by atoms with Crippen molar-refractivity contribution in [1.82, 2.24) is 10.6 Å². The summed E-state index contributed by atoms with van der Waals surface area (Å²) >= 11 is 0. The first-order valence-electron chi connectivity index (χ1n) is 7.36. The van der Waals surface area contributed by atoms with Gasteiger partial charge >= 0.3 is 12.1 Å². The second-order valence-electron chi connectivity index (χ2n) is 6.07. The number of carbonyl (C=O) groups is 1. The molecule has 1 aliphatic rings. The molecule has 1 amide bonds. The fraction of sp³-hybridized carbons (Fsp3) is 0.562. The molecule has 0 bridgehead atoms. The highest BCUT2D eigenvalue weighted by atomic mass is 19.4. The van der Waals surface area contributed by atoms with Crippen molar-refractivity contribution >= 4 is 5.91 Å². The zero-order valence-corrected chi connectivity index (χ0v) is 12.9. The number of piperidine rings is 1. The number of benzene rings is 1. The molecule has 3 atom stereocenters. The van der Waals surface area contributed by atoms with Gasteiger partial charge in [-0.1, -0.05) is 23.8 Å². The van der Waals surface area contributed by atoms with Crippen molar-refractivity contribution in [1.29, 1.82) is 0 Å². The zero-order valence-electron chi connectivity index (χ0n) is 12.9. The first kappa shape index (κ1) is 16.8. The van der Waals surface area contributed by atoms with Crippen molar-refractivity contribution < 1.29 is 18.0 Å². The lowest BCUT2D eigenvalue weighted by Gasteiger charge is -2.36. The fourth-order valence-electron chi connectivity index (χ4n) is 2.94. The first-order valence-corrected chi connectivity index (χ1v) is 7.36. The summed E-state index contributed by atoms with van der Waals surface area (Å²) in [5, 5.41) is 5.32. The van der Waals surface area contributed by atoms with Crippen LogP contribution in [-0.4, -0.2) is 30.7 Å². The van der Waals surface area contributed by atoms with Gasteiger partial charge in [0.05, 0.1) is 0 Å². The Hall–Kier alpha value is -1.56. The van der Waals surface area contributed by atoms with Crippen molar-refractivity contribution in [3.05, 3.63) is 34.9 Å². The summed E-state index contributed by atoms with van der Waals surface area (Å²) in [4.78, 5) is 11.2. The van der Waals surface area contributed by atoms with Crippen LogP contribution in [-0.2, 0) is 4.79 Å². The molecule has 1 aromatic rings. The Bertz CT molecular complexity index is 557. The van der Waals surface area contributed by atoms with Crippen molar-refractivity contribution in [2.45, 2.75) is 51.4 Å². The SMILES string of the molecule is Cc1ccc(C)c(C2CNC(C)C(NC(=O)C(F)(F)F)C2)c1. The van der Waals surface area contributed by atoms with Gasteiger partial charge in [-0.25, -0.2) is 0 Å². The fourth-order valence-corrected chi connectivity index (χ4v) is 2.94. The molecule has 0 aromatic heterocycles. The predicted molar refractivity (Wildman–Crippen MR) is 78.7 cm³/mol. The summed E-state index contributed by atoms with van der Waals surface area (Å²) in [5.41, 5.74) is 3.37. The number of nitrogens with one attached hydrogen (secondary N) is 2. The largest absolute Gasteiger partial charge is 0.471 e. The van der Waals surface area contributed by atoms with Gasteiger partial charge in [0.1, 0.15) is 0 Å². The number of hydrogen-bond acceptors (Lipinski definition) is 2. The van der Waals surface area contributed by atoms with Crippen LogP contribution in [0.5, 0.6) is 0 Å². The highest BCUT2D eigenvalue weighted by Gasteiger charge is 2.41. The van der Waals surface area contributed by atoms with Gasteiger partial charge in [0.2, 0.25) is 0 Å². The van der Waals surface area contributed by atoms with E-state index in [1.54, 1.807) is 6.92 Å². The summed E-state index contributed by atoms with van der Waals surface area (Å²) in [6.07, 6.45) is -4.34. The van der Waals surface area contributed by atoms with E-state index in [9.17, 15) is 18.0 Å². The maximum Gasteiger partial charge on any atom is 0.471 e. The standard InChI is InChI=1S/C16H21F3N2O/c1-9-4-5-10(2)13(6-9)12-7-14(11(3)20-8-12)21-15(22)16(17,18)19/h4-6,11-12,14,20H,7-8H2,1-3H3,(H,21,22). The molecule has 2 rings (SSSR count). The van der Waals surface area contributed by atoms with Gasteiger partial charge in [-0.3, -0.25) is 4.79 Å². The molecule has 0 saturated carbocycles. The molecular weight excluding hydrogens is 293 g/mol. The van der Waals surface area contributed by atoms with Crippen LogP contribution < -0.4 is 10.6 Å². The quantitative estimate of drug-likeness (QED) is 0.881. The Morgan fingerprint density at radius 1 is 1.32 bits per heavy atom. The van der Waals surface area contributed by atoms with Gasteiger partial charge in [-0.05, 0) is 44.2 Å². The Morgan fingerprint density at radius 3 is 2.64 bits per heavy atom. The van der Waals surface area contributed by atoms with E-state index in [4.69, 9.17) is 0 Å². The predicted octanol–water partition coefficient (Wildman–Crippen LogP) is 2.82. The van der Waals surface area contributed by atoms with Crippen LogP contribution in [0.1, 0.15) is 36.0 Å². The van der Waals surface area contributed by atoms with E-state index in [1.165, 1.54) is 0 Å². The van der Waals surface area contributed by atoms with Crippen LogP contribution >= 0.6 is 0 Å². The van der Waals surface area contributed by atoms with Gasteiger partial charge in [0.25, 0.3) is 0 Å². The highest BCUT2D eigenvalue weighted by Crippen LogP contribution is 2.29. The molecule has 22 heavy (non-hydrogen) atoms. The lowest BCUT2D eigenvalue weighted by Crippen LogP contribution is -2.56. The van der Waals surface area contributed by atoms with Gasteiger partial charge in [-0.2, -0.15) is 13.2 Å². The van der Waals surface area contributed by atoms with Crippen LogP contribution in [0.4, 0.5) is 13.2 Å². The van der Waals surface area contributed by atoms with Gasteiger partial charge in [0, 0.05) is 18.6 Å². The maximum absolute atomic E-state index is 12.4. The van der Waals surface area contributed by atoms with Crippen molar-refractivity contribution in [3.8, 4) is 0 Å². The van der Waals surface area contributed by atoms with E-state index in [-0.39, 0.29) is 12.0 Å². The summed E-state index contributed by atoms with van der Waals surface area (Å²) in [6.45, 7) is 6.48. The molecule has 0 aliphatic carbocycles. The number of halogens is 3. The number of aryl methyl sites for hydroxylation is 2. The lowest BCUT2D eigenvalue weighted by atomic mass is 9.83. The summed E-state index contributed by atoms with van der Waals surface area (Å²) in [5.74, 6) is -1.78. The number of alkyl halides is 3. The average Bonchev–Trinajstić information content (AvgIpc) is 2.43. The minimum absolute atomic E-state index is 0.0923. The number of hydrogen-bond donors (Lipinski definition) is 2. The van der Waals surface area contributed by atoms with Crippen molar-refractivity contribution in [3.63, 3.8) is 0 Å². The van der Waals surface area contributed by atoms with Gasteiger partial charge < -0.3 is 10.6 Å². The van der Waals surface area contributed by atoms with E-state index in [1.807, 2.05) is 26.0 Å². The third-order valence-electron chi connectivity index (χ3n) is 4.28. The molecule has 1 aromatic carbocycles.